The Morgan fingerprint density at radius 1 is 1.12 bits per heavy atom. The Kier molecular flexibility index (Phi) is 6.42. The summed E-state index contributed by atoms with van der Waals surface area (Å²) in [7, 11) is 0. The minimum Gasteiger partial charge on any atom is -0.323 e. The van der Waals surface area contributed by atoms with Gasteiger partial charge in [-0.25, -0.2) is 18.7 Å². The van der Waals surface area contributed by atoms with E-state index in [1.165, 1.54) is 17.4 Å². The van der Waals surface area contributed by atoms with Gasteiger partial charge in [0, 0.05) is 17.7 Å². The smallest absolute Gasteiger partial charge is 0.252 e. The van der Waals surface area contributed by atoms with Crippen molar-refractivity contribution in [2.75, 3.05) is 11.1 Å². The summed E-state index contributed by atoms with van der Waals surface area (Å²) in [5.74, 6) is -2.25. The molecule has 0 bridgehead atoms. The molecule has 1 amide bonds. The summed E-state index contributed by atoms with van der Waals surface area (Å²) in [5.41, 5.74) is 1.68. The molecule has 0 atom stereocenters. The van der Waals surface area contributed by atoms with Gasteiger partial charge in [0.15, 0.2) is 5.16 Å². The lowest BCUT2D eigenvalue weighted by Gasteiger charge is -2.06. The zero-order valence-corrected chi connectivity index (χ0v) is 18.3. The third kappa shape index (κ3) is 5.09. The molecule has 2 N–H and O–H groups in total. The molecule has 0 fully saturated rings. The van der Waals surface area contributed by atoms with Crippen molar-refractivity contribution in [1.82, 2.24) is 15.0 Å². The van der Waals surface area contributed by atoms with Crippen molar-refractivity contribution in [1.29, 1.82) is 0 Å². The van der Waals surface area contributed by atoms with Gasteiger partial charge in [0.1, 0.15) is 16.6 Å². The number of aromatic amines is 1. The monoisotopic (exact) mass is 470 g/mol. The Balaban J connectivity index is 1.50. The summed E-state index contributed by atoms with van der Waals surface area (Å²) in [5, 5.41) is 3.43. The highest BCUT2D eigenvalue weighted by Gasteiger charge is 2.15. The van der Waals surface area contributed by atoms with Crippen LogP contribution in [-0.4, -0.2) is 26.6 Å². The third-order valence-electron chi connectivity index (χ3n) is 4.32. The van der Waals surface area contributed by atoms with Crippen LogP contribution in [0, 0.1) is 18.6 Å². The lowest BCUT2D eigenvalue weighted by atomic mass is 10.2. The molecule has 0 aliphatic heterocycles. The number of carbonyl (C=O) groups excluding carboxylic acids is 1. The maximum absolute atomic E-state index is 13.7. The Labute approximate surface area is 189 Å². The van der Waals surface area contributed by atoms with Crippen molar-refractivity contribution in [2.45, 2.75) is 12.1 Å². The molecular formula is C22H16F2N4O2S2. The third-order valence-corrected chi connectivity index (χ3v) is 6.42. The predicted octanol–water partition coefficient (Wildman–Crippen LogP) is 4.88. The van der Waals surface area contributed by atoms with Gasteiger partial charge in [-0.05, 0) is 19.1 Å². The highest BCUT2D eigenvalue weighted by atomic mass is 32.2. The van der Waals surface area contributed by atoms with E-state index in [9.17, 15) is 18.4 Å². The van der Waals surface area contributed by atoms with Gasteiger partial charge in [0.05, 0.1) is 27.7 Å². The number of carbonyl (C=O) groups is 1. The van der Waals surface area contributed by atoms with E-state index in [1.54, 1.807) is 0 Å². The highest BCUT2D eigenvalue weighted by molar-refractivity contribution is 7.99. The molecule has 6 nitrogen and oxygen atoms in total. The van der Waals surface area contributed by atoms with E-state index in [0.29, 0.717) is 11.8 Å². The van der Waals surface area contributed by atoms with Gasteiger partial charge < -0.3 is 10.3 Å². The van der Waals surface area contributed by atoms with Gasteiger partial charge >= 0.3 is 0 Å². The van der Waals surface area contributed by atoms with Crippen molar-refractivity contribution < 1.29 is 13.6 Å². The number of hydrogen-bond donors (Lipinski definition) is 2. The van der Waals surface area contributed by atoms with Gasteiger partial charge in [-0.1, -0.05) is 42.1 Å². The molecule has 0 unspecified atom stereocenters. The molecule has 0 saturated carbocycles. The molecule has 10 heteroatoms. The maximum Gasteiger partial charge on any atom is 0.252 e. The molecule has 0 spiro atoms. The number of thiazole rings is 1. The highest BCUT2D eigenvalue weighted by Crippen LogP contribution is 2.34. The normalized spacial score (nSPS) is 10.8. The summed E-state index contributed by atoms with van der Waals surface area (Å²) < 4.78 is 26.7. The number of thioether (sulfide) groups is 1. The summed E-state index contributed by atoms with van der Waals surface area (Å²) in [6.07, 6.45) is 0. The fraction of sp³-hybridized carbons (Fsp3) is 0.0909. The zero-order valence-electron chi connectivity index (χ0n) is 16.7. The number of amides is 1. The van der Waals surface area contributed by atoms with E-state index in [1.807, 2.05) is 37.3 Å². The summed E-state index contributed by atoms with van der Waals surface area (Å²) in [6.45, 7) is 1.85. The molecule has 0 saturated heterocycles. The fourth-order valence-corrected chi connectivity index (χ4v) is 4.58. The second kappa shape index (κ2) is 9.41. The number of halogens is 2. The van der Waals surface area contributed by atoms with Crippen LogP contribution in [0.15, 0.2) is 64.5 Å². The van der Waals surface area contributed by atoms with E-state index in [2.05, 4.69) is 20.3 Å². The van der Waals surface area contributed by atoms with E-state index in [0.717, 1.165) is 45.0 Å². The zero-order chi connectivity index (χ0) is 22.7. The van der Waals surface area contributed by atoms with E-state index >= 15 is 0 Å². The summed E-state index contributed by atoms with van der Waals surface area (Å²) in [6, 6.07) is 13.9. The average Bonchev–Trinajstić information content (AvgIpc) is 3.16. The Morgan fingerprint density at radius 2 is 1.91 bits per heavy atom. The molecule has 0 aliphatic rings. The molecule has 0 radical (unpaired) electrons. The second-order valence-corrected chi connectivity index (χ2v) is 8.66. The number of benzene rings is 2. The van der Waals surface area contributed by atoms with Crippen molar-refractivity contribution in [3.05, 3.63) is 82.3 Å². The molecule has 0 aliphatic carbocycles. The molecule has 4 aromatic rings. The number of aromatic nitrogens is 3. The van der Waals surface area contributed by atoms with Crippen LogP contribution in [0.4, 0.5) is 14.5 Å². The van der Waals surface area contributed by atoms with Crippen LogP contribution in [0.25, 0.3) is 21.1 Å². The predicted molar refractivity (Wildman–Crippen MR) is 122 cm³/mol. The van der Waals surface area contributed by atoms with Crippen LogP contribution >= 0.6 is 23.1 Å². The number of anilines is 1. The molecule has 162 valence electrons. The number of nitrogens with zero attached hydrogens (tertiary/aromatic N) is 2. The van der Waals surface area contributed by atoms with Crippen molar-refractivity contribution >= 4 is 34.7 Å². The number of aryl methyl sites for hydroxylation is 1. The summed E-state index contributed by atoms with van der Waals surface area (Å²) >= 11 is 2.42. The SMILES string of the molecule is Cc1nc(-c2ccccc2)sc1-c1cc(=O)[nH]c(SCC(=O)Nc2ccc(F)cc2F)n1. The number of hydrogen-bond acceptors (Lipinski definition) is 6. The first kappa shape index (κ1) is 21.8. The molecular weight excluding hydrogens is 454 g/mol. The number of nitrogens with one attached hydrogen (secondary N) is 2. The molecule has 32 heavy (non-hydrogen) atoms. The van der Waals surface area contributed by atoms with Crippen LogP contribution in [0.1, 0.15) is 5.69 Å². The first-order chi connectivity index (χ1) is 15.4. The van der Waals surface area contributed by atoms with E-state index < -0.39 is 17.5 Å². The molecule has 4 rings (SSSR count). The van der Waals surface area contributed by atoms with E-state index in [4.69, 9.17) is 0 Å². The Morgan fingerprint density at radius 3 is 2.66 bits per heavy atom. The first-order valence-electron chi connectivity index (χ1n) is 9.41. The van der Waals surface area contributed by atoms with Crippen LogP contribution in [0.2, 0.25) is 0 Å². The topological polar surface area (TPSA) is 87.7 Å². The Hall–Kier alpha value is -3.37. The minimum atomic E-state index is -0.869. The quantitative estimate of drug-likeness (QED) is 0.310. The minimum absolute atomic E-state index is 0.124. The van der Waals surface area contributed by atoms with Crippen LogP contribution in [0.5, 0.6) is 0 Å². The van der Waals surface area contributed by atoms with Crippen LogP contribution < -0.4 is 10.9 Å². The van der Waals surface area contributed by atoms with Crippen LogP contribution in [-0.2, 0) is 4.79 Å². The lowest BCUT2D eigenvalue weighted by Crippen LogP contribution is -2.16. The van der Waals surface area contributed by atoms with Gasteiger partial charge in [0.2, 0.25) is 5.91 Å². The fourth-order valence-electron chi connectivity index (χ4n) is 2.87. The number of rotatable bonds is 6. The molecule has 2 aromatic carbocycles. The van der Waals surface area contributed by atoms with Gasteiger partial charge in [0.25, 0.3) is 5.56 Å². The standard InChI is InChI=1S/C22H16F2N4O2S2/c1-12-20(32-21(25-12)13-5-3-2-4-6-13)17-10-18(29)28-22(27-17)31-11-19(30)26-16-8-7-14(23)9-15(16)24/h2-10H,11H2,1H3,(H,26,30)(H,27,28,29). The summed E-state index contributed by atoms with van der Waals surface area (Å²) in [4.78, 5) is 36.7. The average molecular weight is 471 g/mol. The van der Waals surface area contributed by atoms with Gasteiger partial charge in [-0.3, -0.25) is 9.59 Å². The first-order valence-corrected chi connectivity index (χ1v) is 11.2. The van der Waals surface area contributed by atoms with Crippen molar-refractivity contribution in [2.24, 2.45) is 0 Å². The van der Waals surface area contributed by atoms with Gasteiger partial charge in [-0.15, -0.1) is 11.3 Å². The van der Waals surface area contributed by atoms with Crippen molar-refractivity contribution in [3.8, 4) is 21.1 Å². The van der Waals surface area contributed by atoms with Gasteiger partial charge in [-0.2, -0.15) is 0 Å². The van der Waals surface area contributed by atoms with Crippen LogP contribution in [0.3, 0.4) is 0 Å². The largest absolute Gasteiger partial charge is 0.323 e. The van der Waals surface area contributed by atoms with E-state index in [-0.39, 0.29) is 22.2 Å². The van der Waals surface area contributed by atoms with Crippen molar-refractivity contribution in [3.63, 3.8) is 0 Å². The maximum atomic E-state index is 13.7. The number of H-pyrrole nitrogens is 1. The molecule has 2 aromatic heterocycles. The molecule has 2 heterocycles. The lowest BCUT2D eigenvalue weighted by molar-refractivity contribution is -0.113. The Bertz CT molecular complexity index is 1340. The second-order valence-electron chi connectivity index (χ2n) is 6.70.